The molecule has 0 bridgehead atoms. The molecule has 90 valence electrons. The van der Waals surface area contributed by atoms with Gasteiger partial charge in [-0.2, -0.15) is 0 Å². The topological polar surface area (TPSA) is 12.0 Å². The van der Waals surface area contributed by atoms with E-state index in [1.165, 1.54) is 12.1 Å². The molecule has 0 saturated carbocycles. The Bertz CT molecular complexity index is 311. The lowest BCUT2D eigenvalue weighted by molar-refractivity contribution is -0.0124. The van der Waals surface area contributed by atoms with Crippen molar-refractivity contribution < 1.29 is 8.78 Å². The fourth-order valence-electron chi connectivity index (χ4n) is 1.39. The zero-order chi connectivity index (χ0) is 12.0. The van der Waals surface area contributed by atoms with Gasteiger partial charge in [-0.3, -0.25) is 0 Å². The summed E-state index contributed by atoms with van der Waals surface area (Å²) in [6, 6.07) is 6.56. The second-order valence-electron chi connectivity index (χ2n) is 3.52. The Balaban J connectivity index is 2.71. The molecule has 1 aromatic rings. The molecule has 0 aliphatic heterocycles. The van der Waals surface area contributed by atoms with Crippen LogP contribution in [0.25, 0.3) is 0 Å². The van der Waals surface area contributed by atoms with E-state index in [-0.39, 0.29) is 12.0 Å². The van der Waals surface area contributed by atoms with Crippen LogP contribution in [0.1, 0.15) is 18.9 Å². The second-order valence-corrected chi connectivity index (χ2v) is 4.85. The number of hydrogen-bond donors (Lipinski definition) is 1. The molecule has 16 heavy (non-hydrogen) atoms. The van der Waals surface area contributed by atoms with E-state index in [1.54, 1.807) is 30.9 Å². The third kappa shape index (κ3) is 3.76. The Morgan fingerprint density at radius 2 is 1.88 bits per heavy atom. The van der Waals surface area contributed by atoms with Crippen LogP contribution >= 0.6 is 11.8 Å². The minimum atomic E-state index is -2.74. The SMILES string of the molecule is CCSc1ccc(C(F)(F)CCNC)cc1. The standard InChI is InChI=1S/C12H17F2NS/c1-3-16-11-6-4-10(5-7-11)12(13,14)8-9-15-2/h4-7,15H,3,8-9H2,1-2H3. The maximum Gasteiger partial charge on any atom is 0.274 e. The highest BCUT2D eigenvalue weighted by atomic mass is 32.2. The molecular weight excluding hydrogens is 228 g/mol. The molecular formula is C12H17F2NS. The van der Waals surface area contributed by atoms with Gasteiger partial charge in [0.1, 0.15) is 0 Å². The number of hydrogen-bond acceptors (Lipinski definition) is 2. The zero-order valence-corrected chi connectivity index (χ0v) is 10.4. The van der Waals surface area contributed by atoms with Gasteiger partial charge in [0.25, 0.3) is 5.92 Å². The van der Waals surface area contributed by atoms with Gasteiger partial charge in [-0.25, -0.2) is 8.78 Å². The van der Waals surface area contributed by atoms with Crippen LogP contribution in [0.5, 0.6) is 0 Å². The van der Waals surface area contributed by atoms with Gasteiger partial charge < -0.3 is 5.32 Å². The zero-order valence-electron chi connectivity index (χ0n) is 9.59. The van der Waals surface area contributed by atoms with Crippen LogP contribution in [0.15, 0.2) is 29.2 Å². The average molecular weight is 245 g/mol. The molecule has 0 atom stereocenters. The van der Waals surface area contributed by atoms with Crippen LogP contribution in [-0.2, 0) is 5.92 Å². The summed E-state index contributed by atoms with van der Waals surface area (Å²) < 4.78 is 27.2. The molecule has 1 rings (SSSR count). The smallest absolute Gasteiger partial charge is 0.274 e. The van der Waals surface area contributed by atoms with Crippen LogP contribution < -0.4 is 5.32 Å². The Morgan fingerprint density at radius 3 is 2.38 bits per heavy atom. The van der Waals surface area contributed by atoms with Crippen LogP contribution in [0.4, 0.5) is 8.78 Å². The molecule has 1 nitrogen and oxygen atoms in total. The van der Waals surface area contributed by atoms with E-state index < -0.39 is 5.92 Å². The van der Waals surface area contributed by atoms with E-state index in [0.717, 1.165) is 10.6 Å². The molecule has 0 aromatic heterocycles. The van der Waals surface area contributed by atoms with Gasteiger partial charge in [-0.15, -0.1) is 11.8 Å². The van der Waals surface area contributed by atoms with Gasteiger partial charge in [-0.1, -0.05) is 19.1 Å². The van der Waals surface area contributed by atoms with Crippen LogP contribution in [0.2, 0.25) is 0 Å². The second kappa shape index (κ2) is 6.21. The van der Waals surface area contributed by atoms with E-state index >= 15 is 0 Å². The number of rotatable bonds is 6. The molecule has 0 aliphatic rings. The number of nitrogens with one attached hydrogen (secondary N) is 1. The normalized spacial score (nSPS) is 11.8. The molecule has 0 unspecified atom stereocenters. The van der Waals surface area contributed by atoms with Crippen LogP contribution in [-0.4, -0.2) is 19.3 Å². The minimum absolute atomic E-state index is 0.100. The molecule has 0 aliphatic carbocycles. The average Bonchev–Trinajstić information content (AvgIpc) is 2.28. The van der Waals surface area contributed by atoms with Crippen molar-refractivity contribution in [3.63, 3.8) is 0 Å². The van der Waals surface area contributed by atoms with Gasteiger partial charge in [0.2, 0.25) is 0 Å². The third-order valence-electron chi connectivity index (χ3n) is 2.28. The molecule has 1 N–H and O–H groups in total. The predicted molar refractivity (Wildman–Crippen MR) is 65.3 cm³/mol. The van der Waals surface area contributed by atoms with Crippen LogP contribution in [0.3, 0.4) is 0 Å². The maximum absolute atomic E-state index is 13.6. The van der Waals surface area contributed by atoms with Crippen molar-refractivity contribution in [2.45, 2.75) is 24.2 Å². The highest BCUT2D eigenvalue weighted by Crippen LogP contribution is 2.32. The summed E-state index contributed by atoms with van der Waals surface area (Å²) >= 11 is 1.66. The minimum Gasteiger partial charge on any atom is -0.320 e. The Kier molecular flexibility index (Phi) is 5.22. The quantitative estimate of drug-likeness (QED) is 0.770. The summed E-state index contributed by atoms with van der Waals surface area (Å²) in [5, 5.41) is 2.74. The number of alkyl halides is 2. The monoisotopic (exact) mass is 245 g/mol. The molecule has 0 saturated heterocycles. The molecule has 1 aromatic carbocycles. The van der Waals surface area contributed by atoms with E-state index in [0.29, 0.717) is 6.54 Å². The number of halogens is 2. The summed E-state index contributed by atoms with van der Waals surface area (Å²) in [6.07, 6.45) is -0.163. The molecule has 0 amide bonds. The van der Waals surface area contributed by atoms with Gasteiger partial charge in [0.15, 0.2) is 0 Å². The highest BCUT2D eigenvalue weighted by Gasteiger charge is 2.30. The van der Waals surface area contributed by atoms with E-state index in [4.69, 9.17) is 0 Å². The molecule has 0 fully saturated rings. The summed E-state index contributed by atoms with van der Waals surface area (Å²) in [4.78, 5) is 1.04. The summed E-state index contributed by atoms with van der Waals surface area (Å²) in [7, 11) is 1.68. The lowest BCUT2D eigenvalue weighted by atomic mass is 10.1. The van der Waals surface area contributed by atoms with Crippen molar-refractivity contribution in [3.8, 4) is 0 Å². The van der Waals surface area contributed by atoms with Gasteiger partial charge in [0.05, 0.1) is 0 Å². The van der Waals surface area contributed by atoms with Gasteiger partial charge >= 0.3 is 0 Å². The lowest BCUT2D eigenvalue weighted by Gasteiger charge is -2.16. The molecule has 0 radical (unpaired) electrons. The van der Waals surface area contributed by atoms with Crippen molar-refractivity contribution in [2.24, 2.45) is 0 Å². The first-order valence-corrected chi connectivity index (χ1v) is 6.34. The van der Waals surface area contributed by atoms with Crippen molar-refractivity contribution in [3.05, 3.63) is 29.8 Å². The van der Waals surface area contributed by atoms with E-state index in [9.17, 15) is 8.78 Å². The number of benzene rings is 1. The summed E-state index contributed by atoms with van der Waals surface area (Å²) in [5.74, 6) is -1.78. The first-order chi connectivity index (χ1) is 7.60. The van der Waals surface area contributed by atoms with Crippen molar-refractivity contribution in [1.29, 1.82) is 0 Å². The first-order valence-electron chi connectivity index (χ1n) is 5.36. The third-order valence-corrected chi connectivity index (χ3v) is 3.17. The lowest BCUT2D eigenvalue weighted by Crippen LogP contribution is -2.20. The predicted octanol–water partition coefficient (Wildman–Crippen LogP) is 3.50. The van der Waals surface area contributed by atoms with E-state index in [1.807, 2.05) is 6.92 Å². The van der Waals surface area contributed by atoms with Crippen molar-refractivity contribution in [2.75, 3.05) is 19.3 Å². The molecule has 0 heterocycles. The Labute approximate surface area is 99.6 Å². The molecule has 4 heteroatoms. The largest absolute Gasteiger partial charge is 0.320 e. The highest BCUT2D eigenvalue weighted by molar-refractivity contribution is 7.99. The Morgan fingerprint density at radius 1 is 1.25 bits per heavy atom. The summed E-state index contributed by atoms with van der Waals surface area (Å²) in [6.45, 7) is 2.36. The van der Waals surface area contributed by atoms with Crippen molar-refractivity contribution in [1.82, 2.24) is 5.32 Å². The Hall–Kier alpha value is -0.610. The fraction of sp³-hybridized carbons (Fsp3) is 0.500. The van der Waals surface area contributed by atoms with Crippen molar-refractivity contribution >= 4 is 11.8 Å². The maximum atomic E-state index is 13.6. The van der Waals surface area contributed by atoms with Gasteiger partial charge in [0, 0.05) is 23.4 Å². The van der Waals surface area contributed by atoms with Gasteiger partial charge in [-0.05, 0) is 24.9 Å². The molecule has 0 spiro atoms. The fourth-order valence-corrected chi connectivity index (χ4v) is 2.05. The summed E-state index contributed by atoms with van der Waals surface area (Å²) in [5.41, 5.74) is 0.100. The first kappa shape index (κ1) is 13.5. The van der Waals surface area contributed by atoms with E-state index in [2.05, 4.69) is 5.32 Å². The van der Waals surface area contributed by atoms with Crippen LogP contribution in [0, 0.1) is 0 Å². The number of thioether (sulfide) groups is 1.